The van der Waals surface area contributed by atoms with Crippen molar-refractivity contribution in [1.29, 1.82) is 0 Å². The van der Waals surface area contributed by atoms with Gasteiger partial charge in [0.05, 0.1) is 18.3 Å². The Kier molecular flexibility index (Phi) is 5.81. The molecular weight excluding hydrogens is 248 g/mol. The highest BCUT2D eigenvalue weighted by atomic mass is 16.5. The van der Waals surface area contributed by atoms with Gasteiger partial charge in [-0.1, -0.05) is 6.07 Å². The molecule has 0 aliphatic heterocycles. The first-order chi connectivity index (χ1) is 8.99. The first-order valence-electron chi connectivity index (χ1n) is 5.99. The predicted molar refractivity (Wildman–Crippen MR) is 71.5 cm³/mol. The lowest BCUT2D eigenvalue weighted by Gasteiger charge is -2.10. The fraction of sp³-hybridized carbons (Fsp3) is 0.385. The third-order valence-corrected chi connectivity index (χ3v) is 2.21. The van der Waals surface area contributed by atoms with Crippen LogP contribution >= 0.6 is 0 Å². The van der Waals surface area contributed by atoms with E-state index in [0.29, 0.717) is 18.8 Å². The van der Waals surface area contributed by atoms with E-state index in [1.807, 2.05) is 13.8 Å². The van der Waals surface area contributed by atoms with Crippen molar-refractivity contribution >= 4 is 17.7 Å². The lowest BCUT2D eigenvalue weighted by molar-refractivity contribution is 0.0697. The lowest BCUT2D eigenvalue weighted by Crippen LogP contribution is -2.32. The number of carbonyl (C=O) groups is 2. The summed E-state index contributed by atoms with van der Waals surface area (Å²) in [6.45, 7) is 4.65. The minimum atomic E-state index is -1.03. The van der Waals surface area contributed by atoms with Crippen molar-refractivity contribution in [1.82, 2.24) is 5.32 Å². The number of carbonyl (C=O) groups excluding carboxylic acids is 1. The number of aromatic carboxylic acids is 1. The van der Waals surface area contributed by atoms with Crippen LogP contribution in [0.3, 0.4) is 0 Å². The molecule has 104 valence electrons. The van der Waals surface area contributed by atoms with E-state index in [4.69, 9.17) is 9.84 Å². The van der Waals surface area contributed by atoms with Crippen molar-refractivity contribution in [2.45, 2.75) is 20.0 Å². The largest absolute Gasteiger partial charge is 0.478 e. The Hall–Kier alpha value is -2.08. The summed E-state index contributed by atoms with van der Waals surface area (Å²) in [5, 5.41) is 14.0. The maximum atomic E-state index is 11.5. The number of ether oxygens (including phenoxy) is 1. The smallest absolute Gasteiger partial charge is 0.335 e. The van der Waals surface area contributed by atoms with E-state index in [2.05, 4.69) is 10.6 Å². The van der Waals surface area contributed by atoms with Gasteiger partial charge in [0, 0.05) is 12.2 Å². The van der Waals surface area contributed by atoms with E-state index in [0.717, 1.165) is 0 Å². The van der Waals surface area contributed by atoms with Crippen LogP contribution in [-0.2, 0) is 4.74 Å². The first kappa shape index (κ1) is 15.0. The molecule has 1 rings (SSSR count). The van der Waals surface area contributed by atoms with Gasteiger partial charge in [-0.15, -0.1) is 0 Å². The number of rotatable bonds is 6. The van der Waals surface area contributed by atoms with Gasteiger partial charge in [0.25, 0.3) is 0 Å². The minimum Gasteiger partial charge on any atom is -0.478 e. The number of anilines is 1. The van der Waals surface area contributed by atoms with Crippen LogP contribution in [0.2, 0.25) is 0 Å². The highest BCUT2D eigenvalue weighted by molar-refractivity contribution is 5.93. The molecule has 0 aliphatic rings. The van der Waals surface area contributed by atoms with Crippen molar-refractivity contribution in [3.8, 4) is 0 Å². The molecule has 0 radical (unpaired) electrons. The van der Waals surface area contributed by atoms with Crippen LogP contribution in [0, 0.1) is 0 Å². The Balaban J connectivity index is 2.40. The van der Waals surface area contributed by atoms with Gasteiger partial charge in [0.1, 0.15) is 0 Å². The number of hydrogen-bond donors (Lipinski definition) is 3. The number of benzene rings is 1. The Morgan fingerprint density at radius 2 is 2.11 bits per heavy atom. The van der Waals surface area contributed by atoms with Gasteiger partial charge in [-0.25, -0.2) is 9.59 Å². The summed E-state index contributed by atoms with van der Waals surface area (Å²) in [7, 11) is 0. The normalized spacial score (nSPS) is 10.3. The highest BCUT2D eigenvalue weighted by Gasteiger charge is 2.05. The van der Waals surface area contributed by atoms with Crippen LogP contribution in [0.1, 0.15) is 24.2 Å². The zero-order chi connectivity index (χ0) is 14.3. The van der Waals surface area contributed by atoms with Crippen LogP contribution in [0.4, 0.5) is 10.5 Å². The average Bonchev–Trinajstić information content (AvgIpc) is 2.34. The maximum absolute atomic E-state index is 11.5. The van der Waals surface area contributed by atoms with Gasteiger partial charge in [-0.2, -0.15) is 0 Å². The maximum Gasteiger partial charge on any atom is 0.335 e. The van der Waals surface area contributed by atoms with Crippen molar-refractivity contribution in [2.24, 2.45) is 0 Å². The zero-order valence-corrected chi connectivity index (χ0v) is 11.0. The quantitative estimate of drug-likeness (QED) is 0.686. The van der Waals surface area contributed by atoms with Gasteiger partial charge >= 0.3 is 12.0 Å². The molecule has 0 bridgehead atoms. The molecule has 0 heterocycles. The third-order valence-electron chi connectivity index (χ3n) is 2.21. The summed E-state index contributed by atoms with van der Waals surface area (Å²) < 4.78 is 5.27. The van der Waals surface area contributed by atoms with Crippen LogP contribution < -0.4 is 10.6 Å². The molecule has 0 atom stereocenters. The van der Waals surface area contributed by atoms with E-state index in [-0.39, 0.29) is 11.7 Å². The molecule has 2 amide bonds. The minimum absolute atomic E-state index is 0.122. The average molecular weight is 266 g/mol. The van der Waals surface area contributed by atoms with Crippen molar-refractivity contribution < 1.29 is 19.4 Å². The van der Waals surface area contributed by atoms with Crippen LogP contribution in [-0.4, -0.2) is 36.4 Å². The number of carboxylic acids is 1. The molecule has 0 saturated carbocycles. The van der Waals surface area contributed by atoms with Crippen molar-refractivity contribution in [2.75, 3.05) is 18.5 Å². The summed E-state index contributed by atoms with van der Waals surface area (Å²) in [5.74, 6) is -1.03. The number of urea groups is 1. The molecule has 3 N–H and O–H groups in total. The Bertz CT molecular complexity index is 446. The molecule has 0 unspecified atom stereocenters. The number of carboxylic acid groups (broad SMARTS) is 1. The van der Waals surface area contributed by atoms with E-state index in [1.165, 1.54) is 12.1 Å². The van der Waals surface area contributed by atoms with E-state index < -0.39 is 12.0 Å². The Morgan fingerprint density at radius 3 is 2.74 bits per heavy atom. The molecule has 0 aromatic heterocycles. The highest BCUT2D eigenvalue weighted by Crippen LogP contribution is 2.10. The SMILES string of the molecule is CC(C)OCCNC(=O)Nc1cccc(C(=O)O)c1. The number of amides is 2. The topological polar surface area (TPSA) is 87.7 Å². The van der Waals surface area contributed by atoms with Crippen molar-refractivity contribution in [3.63, 3.8) is 0 Å². The van der Waals surface area contributed by atoms with Gasteiger partial charge < -0.3 is 20.5 Å². The molecule has 0 spiro atoms. The summed E-state index contributed by atoms with van der Waals surface area (Å²) in [6.07, 6.45) is 0.122. The Labute approximate surface area is 111 Å². The van der Waals surface area contributed by atoms with Gasteiger partial charge in [0.15, 0.2) is 0 Å². The fourth-order valence-corrected chi connectivity index (χ4v) is 1.36. The summed E-state index contributed by atoms with van der Waals surface area (Å²) >= 11 is 0. The fourth-order valence-electron chi connectivity index (χ4n) is 1.36. The summed E-state index contributed by atoms with van der Waals surface area (Å²) in [5.41, 5.74) is 0.558. The molecule has 0 aliphatic carbocycles. The second-order valence-corrected chi connectivity index (χ2v) is 4.19. The molecule has 1 aromatic rings. The van der Waals surface area contributed by atoms with E-state index in [9.17, 15) is 9.59 Å². The second kappa shape index (κ2) is 7.38. The zero-order valence-electron chi connectivity index (χ0n) is 11.0. The predicted octanol–water partition coefficient (Wildman–Crippen LogP) is 1.93. The Morgan fingerprint density at radius 1 is 1.37 bits per heavy atom. The van der Waals surface area contributed by atoms with Crippen LogP contribution in [0.25, 0.3) is 0 Å². The van der Waals surface area contributed by atoms with Gasteiger partial charge in [-0.05, 0) is 32.0 Å². The molecule has 6 nitrogen and oxygen atoms in total. The van der Waals surface area contributed by atoms with Crippen LogP contribution in [0.5, 0.6) is 0 Å². The molecular formula is C13H18N2O4. The summed E-state index contributed by atoms with van der Waals surface area (Å²) in [6, 6.07) is 5.65. The lowest BCUT2D eigenvalue weighted by atomic mass is 10.2. The standard InChI is InChI=1S/C13H18N2O4/c1-9(2)19-7-6-14-13(18)15-11-5-3-4-10(8-11)12(16)17/h3-5,8-9H,6-7H2,1-2H3,(H,16,17)(H2,14,15,18). The summed E-state index contributed by atoms with van der Waals surface area (Å²) in [4.78, 5) is 22.3. The number of nitrogens with one attached hydrogen (secondary N) is 2. The van der Waals surface area contributed by atoms with E-state index in [1.54, 1.807) is 12.1 Å². The molecule has 1 aromatic carbocycles. The second-order valence-electron chi connectivity index (χ2n) is 4.19. The van der Waals surface area contributed by atoms with Gasteiger partial charge in [-0.3, -0.25) is 0 Å². The molecule has 0 saturated heterocycles. The van der Waals surface area contributed by atoms with E-state index >= 15 is 0 Å². The molecule has 19 heavy (non-hydrogen) atoms. The third kappa shape index (κ3) is 5.87. The molecule has 6 heteroatoms. The number of hydrogen-bond acceptors (Lipinski definition) is 3. The monoisotopic (exact) mass is 266 g/mol. The van der Waals surface area contributed by atoms with Gasteiger partial charge in [0.2, 0.25) is 0 Å². The van der Waals surface area contributed by atoms with Crippen LogP contribution in [0.15, 0.2) is 24.3 Å². The molecule has 0 fully saturated rings. The first-order valence-corrected chi connectivity index (χ1v) is 5.99. The van der Waals surface area contributed by atoms with Crippen molar-refractivity contribution in [3.05, 3.63) is 29.8 Å².